The lowest BCUT2D eigenvalue weighted by molar-refractivity contribution is 0.0194. The first-order valence-electron chi connectivity index (χ1n) is 6.90. The molecule has 0 aromatic rings. The largest absolute Gasteiger partial charge is 0.444 e. The van der Waals surface area contributed by atoms with Crippen LogP contribution in [0.25, 0.3) is 0 Å². The third kappa shape index (κ3) is 8.34. The van der Waals surface area contributed by atoms with Crippen LogP contribution in [-0.2, 0) is 4.74 Å². The first kappa shape index (κ1) is 19.6. The van der Waals surface area contributed by atoms with Crippen molar-refractivity contribution in [2.45, 2.75) is 73.0 Å². The highest BCUT2D eigenvalue weighted by Crippen LogP contribution is 2.22. The molecule has 0 saturated carbocycles. The number of hydrogen-bond acceptors (Lipinski definition) is 3. The average Bonchev–Trinajstić information content (AvgIpc) is 2.62. The molecule has 1 amide bonds. The molecule has 1 aliphatic heterocycles. The van der Waals surface area contributed by atoms with E-state index in [1.54, 1.807) is 11.8 Å². The predicted octanol–water partition coefficient (Wildman–Crippen LogP) is 3.43. The Kier molecular flexibility index (Phi) is 9.08. The van der Waals surface area contributed by atoms with Crippen LogP contribution in [-0.4, -0.2) is 40.4 Å². The van der Waals surface area contributed by atoms with Crippen molar-refractivity contribution < 1.29 is 14.6 Å². The molecular formula is C14H31NO3. The minimum Gasteiger partial charge on any atom is -0.444 e. The molecule has 1 saturated heterocycles. The van der Waals surface area contributed by atoms with Crippen molar-refractivity contribution >= 4 is 6.09 Å². The predicted molar refractivity (Wildman–Crippen MR) is 75.7 cm³/mol. The van der Waals surface area contributed by atoms with Gasteiger partial charge in [0, 0.05) is 6.54 Å². The average molecular weight is 261 g/mol. The summed E-state index contributed by atoms with van der Waals surface area (Å²) < 4.78 is 5.19. The van der Waals surface area contributed by atoms with Gasteiger partial charge in [-0.15, -0.1) is 0 Å². The Balaban J connectivity index is 0. The summed E-state index contributed by atoms with van der Waals surface area (Å²) in [6.45, 7) is 16.2. The summed E-state index contributed by atoms with van der Waals surface area (Å²) in [4.78, 5) is 13.1. The SMILES string of the molecule is CC.CC.CC1(O)CCN(C(=O)OC(C)(C)C)C1. The first-order chi connectivity index (χ1) is 8.20. The van der Waals surface area contributed by atoms with E-state index < -0.39 is 11.2 Å². The second-order valence-electron chi connectivity index (χ2n) is 5.15. The van der Waals surface area contributed by atoms with Gasteiger partial charge in [0.25, 0.3) is 0 Å². The lowest BCUT2D eigenvalue weighted by Gasteiger charge is -2.25. The van der Waals surface area contributed by atoms with E-state index in [1.165, 1.54) is 0 Å². The lowest BCUT2D eigenvalue weighted by atomic mass is 10.1. The molecule has 0 aromatic heterocycles. The van der Waals surface area contributed by atoms with Crippen molar-refractivity contribution in [3.05, 3.63) is 0 Å². The molecule has 1 N–H and O–H groups in total. The lowest BCUT2D eigenvalue weighted by Crippen LogP contribution is -2.37. The molecule has 0 bridgehead atoms. The number of β-amino-alcohol motifs (C(OH)–C–C–N with tert-alkyl or cyclic N) is 1. The van der Waals surface area contributed by atoms with Gasteiger partial charge in [0.05, 0.1) is 12.1 Å². The summed E-state index contributed by atoms with van der Waals surface area (Å²) in [5, 5.41) is 9.66. The van der Waals surface area contributed by atoms with Crippen molar-refractivity contribution in [2.24, 2.45) is 0 Å². The zero-order chi connectivity index (χ0) is 15.0. The Hall–Kier alpha value is -0.770. The quantitative estimate of drug-likeness (QED) is 0.726. The molecule has 4 nitrogen and oxygen atoms in total. The number of carbonyl (C=O) groups excluding carboxylic acids is 1. The Bertz CT molecular complexity index is 232. The fourth-order valence-electron chi connectivity index (χ4n) is 1.43. The molecule has 1 heterocycles. The highest BCUT2D eigenvalue weighted by atomic mass is 16.6. The summed E-state index contributed by atoms with van der Waals surface area (Å²) in [5.74, 6) is 0. The van der Waals surface area contributed by atoms with Gasteiger partial charge in [-0.3, -0.25) is 0 Å². The molecule has 18 heavy (non-hydrogen) atoms. The highest BCUT2D eigenvalue weighted by molar-refractivity contribution is 5.68. The van der Waals surface area contributed by atoms with Crippen LogP contribution in [0.2, 0.25) is 0 Å². The number of amides is 1. The number of likely N-dealkylation sites (tertiary alicyclic amines) is 1. The van der Waals surface area contributed by atoms with Crippen molar-refractivity contribution in [2.75, 3.05) is 13.1 Å². The third-order valence-corrected chi connectivity index (χ3v) is 2.10. The van der Waals surface area contributed by atoms with E-state index in [-0.39, 0.29) is 6.09 Å². The molecule has 0 aromatic carbocycles. The molecule has 0 radical (unpaired) electrons. The minimum atomic E-state index is -0.753. The van der Waals surface area contributed by atoms with Crippen LogP contribution in [0.4, 0.5) is 4.79 Å². The summed E-state index contributed by atoms with van der Waals surface area (Å²) in [7, 11) is 0. The number of rotatable bonds is 0. The van der Waals surface area contributed by atoms with Gasteiger partial charge in [0.15, 0.2) is 0 Å². The number of hydrogen-bond donors (Lipinski definition) is 1. The van der Waals surface area contributed by atoms with Crippen LogP contribution >= 0.6 is 0 Å². The van der Waals surface area contributed by atoms with E-state index in [9.17, 15) is 9.90 Å². The second-order valence-corrected chi connectivity index (χ2v) is 5.15. The normalized spacial score (nSPS) is 22.4. The molecule has 0 spiro atoms. The van der Waals surface area contributed by atoms with Crippen LogP contribution in [0, 0.1) is 0 Å². The maximum atomic E-state index is 11.5. The van der Waals surface area contributed by atoms with E-state index in [4.69, 9.17) is 4.74 Å². The van der Waals surface area contributed by atoms with Crippen LogP contribution in [0.5, 0.6) is 0 Å². The van der Waals surface area contributed by atoms with Gasteiger partial charge in [0.2, 0.25) is 0 Å². The molecule has 1 unspecified atom stereocenters. The Morgan fingerprint density at radius 3 is 1.94 bits per heavy atom. The summed E-state index contributed by atoms with van der Waals surface area (Å²) in [6.07, 6.45) is 0.280. The molecule has 1 aliphatic rings. The van der Waals surface area contributed by atoms with Gasteiger partial charge in [-0.2, -0.15) is 0 Å². The van der Waals surface area contributed by atoms with Crippen LogP contribution in [0.15, 0.2) is 0 Å². The van der Waals surface area contributed by atoms with Crippen molar-refractivity contribution in [1.29, 1.82) is 0 Å². The molecule has 1 atom stereocenters. The standard InChI is InChI=1S/C10H19NO3.2C2H6/c1-9(2,3)14-8(12)11-6-5-10(4,13)7-11;2*1-2/h13H,5-7H2,1-4H3;2*1-2H3. The number of carbonyl (C=O) groups is 1. The number of ether oxygens (including phenoxy) is 1. The molecule has 110 valence electrons. The Morgan fingerprint density at radius 2 is 1.67 bits per heavy atom. The van der Waals surface area contributed by atoms with Gasteiger partial charge in [-0.05, 0) is 34.1 Å². The number of aliphatic hydroxyl groups is 1. The highest BCUT2D eigenvalue weighted by Gasteiger charge is 2.35. The van der Waals surface area contributed by atoms with Crippen molar-refractivity contribution in [1.82, 2.24) is 4.90 Å². The van der Waals surface area contributed by atoms with Gasteiger partial charge in [-0.1, -0.05) is 27.7 Å². The maximum Gasteiger partial charge on any atom is 0.410 e. The smallest absolute Gasteiger partial charge is 0.410 e. The second kappa shape index (κ2) is 8.35. The summed E-state index contributed by atoms with van der Waals surface area (Å²) in [6, 6.07) is 0. The van der Waals surface area contributed by atoms with E-state index in [0.29, 0.717) is 19.5 Å². The van der Waals surface area contributed by atoms with Crippen molar-refractivity contribution in [3.8, 4) is 0 Å². The zero-order valence-electron chi connectivity index (χ0n) is 13.3. The van der Waals surface area contributed by atoms with Gasteiger partial charge in [0.1, 0.15) is 5.60 Å². The minimum absolute atomic E-state index is 0.338. The fourth-order valence-corrected chi connectivity index (χ4v) is 1.43. The van der Waals surface area contributed by atoms with Crippen LogP contribution in [0.3, 0.4) is 0 Å². The maximum absolute atomic E-state index is 11.5. The van der Waals surface area contributed by atoms with Gasteiger partial charge in [-0.25, -0.2) is 4.79 Å². The molecule has 1 fully saturated rings. The Morgan fingerprint density at radius 1 is 1.22 bits per heavy atom. The van der Waals surface area contributed by atoms with Crippen LogP contribution in [0.1, 0.15) is 61.8 Å². The topological polar surface area (TPSA) is 49.8 Å². The fraction of sp³-hybridized carbons (Fsp3) is 0.929. The van der Waals surface area contributed by atoms with E-state index >= 15 is 0 Å². The Labute approximate surface area is 112 Å². The summed E-state index contributed by atoms with van der Waals surface area (Å²) >= 11 is 0. The van der Waals surface area contributed by atoms with Gasteiger partial charge >= 0.3 is 6.09 Å². The molecule has 0 aliphatic carbocycles. The van der Waals surface area contributed by atoms with Crippen molar-refractivity contribution in [3.63, 3.8) is 0 Å². The van der Waals surface area contributed by atoms with E-state index in [2.05, 4.69) is 0 Å². The molecule has 1 rings (SSSR count). The number of nitrogens with zero attached hydrogens (tertiary/aromatic N) is 1. The first-order valence-corrected chi connectivity index (χ1v) is 6.90. The monoisotopic (exact) mass is 261 g/mol. The summed E-state index contributed by atoms with van der Waals surface area (Å²) in [5.41, 5.74) is -1.22. The van der Waals surface area contributed by atoms with E-state index in [0.717, 1.165) is 0 Å². The van der Waals surface area contributed by atoms with E-state index in [1.807, 2.05) is 48.5 Å². The molecular weight excluding hydrogens is 230 g/mol. The zero-order valence-corrected chi connectivity index (χ0v) is 13.3. The van der Waals surface area contributed by atoms with Crippen LogP contribution < -0.4 is 0 Å². The molecule has 4 heteroatoms. The third-order valence-electron chi connectivity index (χ3n) is 2.10. The van der Waals surface area contributed by atoms with Gasteiger partial charge < -0.3 is 14.7 Å².